The van der Waals surface area contributed by atoms with Gasteiger partial charge in [-0.1, -0.05) is 12.8 Å². The Morgan fingerprint density at radius 3 is 2.84 bits per heavy atom. The van der Waals surface area contributed by atoms with Crippen molar-refractivity contribution in [2.45, 2.75) is 50.2 Å². The standard InChI is InChI=1S/C17H26N4O3S/c1-24-7-6-18-16(23)9-21-17(13-10-25-11-14(13)20-21)19-15(22)8-12-4-2-3-5-12/h12H,2-11H2,1H3,(H,18,23)(H,19,22). The van der Waals surface area contributed by atoms with E-state index in [4.69, 9.17) is 4.74 Å². The molecule has 1 fully saturated rings. The molecule has 7 nitrogen and oxygen atoms in total. The molecule has 2 amide bonds. The number of fused-ring (bicyclic) bond motifs is 1. The molecule has 1 saturated carbocycles. The Kier molecular flexibility index (Phi) is 6.36. The highest BCUT2D eigenvalue weighted by Crippen LogP contribution is 2.35. The average molecular weight is 366 g/mol. The summed E-state index contributed by atoms with van der Waals surface area (Å²) in [6, 6.07) is 0. The van der Waals surface area contributed by atoms with Crippen molar-refractivity contribution in [2.75, 3.05) is 25.6 Å². The second-order valence-corrected chi connectivity index (χ2v) is 7.66. The third kappa shape index (κ3) is 4.76. The van der Waals surface area contributed by atoms with Crippen LogP contribution in [0.5, 0.6) is 0 Å². The Labute approximate surface area is 152 Å². The lowest BCUT2D eigenvalue weighted by atomic mass is 10.0. The zero-order valence-corrected chi connectivity index (χ0v) is 15.5. The molecule has 25 heavy (non-hydrogen) atoms. The molecule has 1 aromatic heterocycles. The summed E-state index contributed by atoms with van der Waals surface area (Å²) in [7, 11) is 1.60. The number of nitrogens with zero attached hydrogens (tertiary/aromatic N) is 2. The van der Waals surface area contributed by atoms with Gasteiger partial charge in [0.1, 0.15) is 12.4 Å². The quantitative estimate of drug-likeness (QED) is 0.687. The second kappa shape index (κ2) is 8.71. The summed E-state index contributed by atoms with van der Waals surface area (Å²) >= 11 is 1.78. The van der Waals surface area contributed by atoms with Crippen LogP contribution in [0.2, 0.25) is 0 Å². The van der Waals surface area contributed by atoms with Gasteiger partial charge < -0.3 is 15.4 Å². The first kappa shape index (κ1) is 18.3. The van der Waals surface area contributed by atoms with Crippen LogP contribution in [-0.4, -0.2) is 41.9 Å². The van der Waals surface area contributed by atoms with E-state index < -0.39 is 0 Å². The molecule has 1 aromatic rings. The molecule has 3 rings (SSSR count). The predicted molar refractivity (Wildman–Crippen MR) is 97.3 cm³/mol. The topological polar surface area (TPSA) is 85.2 Å². The number of thioether (sulfide) groups is 1. The highest BCUT2D eigenvalue weighted by molar-refractivity contribution is 7.98. The number of aromatic nitrogens is 2. The third-order valence-corrected chi connectivity index (χ3v) is 5.72. The van der Waals surface area contributed by atoms with Crippen molar-refractivity contribution in [3.63, 3.8) is 0 Å². The number of nitrogens with one attached hydrogen (secondary N) is 2. The van der Waals surface area contributed by atoms with E-state index in [9.17, 15) is 9.59 Å². The Bertz CT molecular complexity index is 626. The van der Waals surface area contributed by atoms with E-state index in [1.54, 1.807) is 23.6 Å². The van der Waals surface area contributed by atoms with Crippen molar-refractivity contribution in [1.29, 1.82) is 0 Å². The van der Waals surface area contributed by atoms with Crippen LogP contribution in [0.15, 0.2) is 0 Å². The van der Waals surface area contributed by atoms with E-state index in [0.717, 1.165) is 35.6 Å². The monoisotopic (exact) mass is 366 g/mol. The lowest BCUT2D eigenvalue weighted by molar-refractivity contribution is -0.122. The zero-order chi connectivity index (χ0) is 17.6. The molecule has 2 heterocycles. The number of carbonyl (C=O) groups excluding carboxylic acids is 2. The second-order valence-electron chi connectivity index (χ2n) is 6.67. The van der Waals surface area contributed by atoms with Gasteiger partial charge in [-0.05, 0) is 18.8 Å². The van der Waals surface area contributed by atoms with Crippen LogP contribution in [0, 0.1) is 5.92 Å². The fraction of sp³-hybridized carbons (Fsp3) is 0.706. The van der Waals surface area contributed by atoms with Crippen molar-refractivity contribution < 1.29 is 14.3 Å². The maximum Gasteiger partial charge on any atom is 0.241 e. The van der Waals surface area contributed by atoms with Gasteiger partial charge in [0.05, 0.1) is 12.3 Å². The van der Waals surface area contributed by atoms with E-state index in [1.807, 2.05) is 0 Å². The molecule has 1 aliphatic heterocycles. The van der Waals surface area contributed by atoms with Crippen LogP contribution in [0.1, 0.15) is 43.4 Å². The predicted octanol–water partition coefficient (Wildman–Crippen LogP) is 1.91. The number of hydrogen-bond acceptors (Lipinski definition) is 5. The normalized spacial score (nSPS) is 16.8. The van der Waals surface area contributed by atoms with Gasteiger partial charge in [0.2, 0.25) is 11.8 Å². The third-order valence-electron chi connectivity index (χ3n) is 4.75. The van der Waals surface area contributed by atoms with E-state index in [2.05, 4.69) is 15.7 Å². The lowest BCUT2D eigenvalue weighted by Gasteiger charge is -2.13. The van der Waals surface area contributed by atoms with Crippen LogP contribution >= 0.6 is 11.8 Å². The van der Waals surface area contributed by atoms with E-state index in [0.29, 0.717) is 31.3 Å². The van der Waals surface area contributed by atoms with Gasteiger partial charge in [-0.3, -0.25) is 9.59 Å². The van der Waals surface area contributed by atoms with Crippen LogP contribution < -0.4 is 10.6 Å². The number of carbonyl (C=O) groups is 2. The van der Waals surface area contributed by atoms with E-state index in [1.165, 1.54) is 12.8 Å². The maximum absolute atomic E-state index is 12.4. The minimum Gasteiger partial charge on any atom is -0.383 e. The largest absolute Gasteiger partial charge is 0.383 e. The van der Waals surface area contributed by atoms with Crippen LogP contribution in [0.3, 0.4) is 0 Å². The molecule has 0 bridgehead atoms. The Balaban J connectivity index is 1.64. The molecule has 1 aliphatic carbocycles. The maximum atomic E-state index is 12.4. The highest BCUT2D eigenvalue weighted by Gasteiger charge is 2.26. The SMILES string of the molecule is COCCNC(=O)Cn1nc2c(c1NC(=O)CC1CCCC1)CSC2. The number of anilines is 1. The Morgan fingerprint density at radius 2 is 2.08 bits per heavy atom. The Morgan fingerprint density at radius 1 is 1.28 bits per heavy atom. The van der Waals surface area contributed by atoms with Gasteiger partial charge in [0.25, 0.3) is 0 Å². The molecule has 0 atom stereocenters. The molecule has 8 heteroatoms. The molecule has 2 aliphatic rings. The van der Waals surface area contributed by atoms with Gasteiger partial charge in [-0.15, -0.1) is 0 Å². The summed E-state index contributed by atoms with van der Waals surface area (Å²) in [4.78, 5) is 24.5. The highest BCUT2D eigenvalue weighted by atomic mass is 32.2. The first-order valence-corrected chi connectivity index (χ1v) is 10.0. The molecule has 0 spiro atoms. The molecule has 2 N–H and O–H groups in total. The fourth-order valence-electron chi connectivity index (χ4n) is 3.46. The van der Waals surface area contributed by atoms with Crippen molar-refractivity contribution in [1.82, 2.24) is 15.1 Å². The molecule has 0 saturated heterocycles. The number of methoxy groups -OCH3 is 1. The Hall–Kier alpha value is -1.54. The number of ether oxygens (including phenoxy) is 1. The minimum absolute atomic E-state index is 0.0348. The van der Waals surface area contributed by atoms with Crippen LogP contribution in [-0.2, 0) is 32.4 Å². The van der Waals surface area contributed by atoms with E-state index >= 15 is 0 Å². The first-order valence-electron chi connectivity index (χ1n) is 8.89. The summed E-state index contributed by atoms with van der Waals surface area (Å²) < 4.78 is 6.57. The van der Waals surface area contributed by atoms with Gasteiger partial charge in [-0.25, -0.2) is 4.68 Å². The van der Waals surface area contributed by atoms with Crippen molar-refractivity contribution in [3.8, 4) is 0 Å². The lowest BCUT2D eigenvalue weighted by Crippen LogP contribution is -2.31. The summed E-state index contributed by atoms with van der Waals surface area (Å²) in [6.07, 6.45) is 5.30. The minimum atomic E-state index is -0.128. The summed E-state index contributed by atoms with van der Waals surface area (Å²) in [5, 5.41) is 10.4. The summed E-state index contributed by atoms with van der Waals surface area (Å²) in [6.45, 7) is 1.05. The van der Waals surface area contributed by atoms with Crippen molar-refractivity contribution >= 4 is 29.4 Å². The number of amides is 2. The van der Waals surface area contributed by atoms with Gasteiger partial charge in [0.15, 0.2) is 0 Å². The van der Waals surface area contributed by atoms with E-state index in [-0.39, 0.29) is 18.4 Å². The number of rotatable bonds is 8. The molecule has 138 valence electrons. The summed E-state index contributed by atoms with van der Waals surface area (Å²) in [5.41, 5.74) is 2.04. The number of hydrogen-bond donors (Lipinski definition) is 2. The van der Waals surface area contributed by atoms with Gasteiger partial charge in [0, 0.05) is 37.1 Å². The molecular weight excluding hydrogens is 340 g/mol. The van der Waals surface area contributed by atoms with Crippen molar-refractivity contribution in [3.05, 3.63) is 11.3 Å². The van der Waals surface area contributed by atoms with Gasteiger partial charge in [-0.2, -0.15) is 16.9 Å². The van der Waals surface area contributed by atoms with Crippen LogP contribution in [0.25, 0.3) is 0 Å². The molecule has 0 unspecified atom stereocenters. The van der Waals surface area contributed by atoms with Crippen molar-refractivity contribution in [2.24, 2.45) is 5.92 Å². The first-order chi connectivity index (χ1) is 12.2. The smallest absolute Gasteiger partial charge is 0.241 e. The molecule has 0 aromatic carbocycles. The fourth-order valence-corrected chi connectivity index (χ4v) is 4.50. The molecule has 0 radical (unpaired) electrons. The zero-order valence-electron chi connectivity index (χ0n) is 14.7. The van der Waals surface area contributed by atoms with Crippen LogP contribution in [0.4, 0.5) is 5.82 Å². The molecular formula is C17H26N4O3S. The van der Waals surface area contributed by atoms with Gasteiger partial charge >= 0.3 is 0 Å². The average Bonchev–Trinajstić information content (AvgIpc) is 3.28. The summed E-state index contributed by atoms with van der Waals surface area (Å²) in [5.74, 6) is 2.77.